The topological polar surface area (TPSA) is 74.9 Å². The average molecular weight is 473 g/mol. The normalized spacial score (nSPS) is 14.8. The number of aromatic nitrogens is 2. The van der Waals surface area contributed by atoms with Crippen molar-refractivity contribution in [2.24, 2.45) is 0 Å². The van der Waals surface area contributed by atoms with E-state index in [4.69, 9.17) is 37.4 Å². The van der Waals surface area contributed by atoms with Crippen LogP contribution in [0.3, 0.4) is 0 Å². The number of ether oxygens (including phenoxy) is 3. The summed E-state index contributed by atoms with van der Waals surface area (Å²) in [6, 6.07) is 2.41. The van der Waals surface area contributed by atoms with Crippen molar-refractivity contribution >= 4 is 23.2 Å². The number of aliphatic hydroxyl groups excluding tert-OH is 1. The molecule has 1 aliphatic rings. The van der Waals surface area contributed by atoms with Gasteiger partial charge in [-0.3, -0.25) is 9.48 Å². The molecular weight excluding hydrogens is 450 g/mol. The fourth-order valence-electron chi connectivity index (χ4n) is 3.28. The highest BCUT2D eigenvalue weighted by Gasteiger charge is 2.25. The van der Waals surface area contributed by atoms with E-state index in [1.165, 1.54) is 30.0 Å². The van der Waals surface area contributed by atoms with Crippen molar-refractivity contribution < 1.29 is 23.7 Å². The van der Waals surface area contributed by atoms with E-state index in [-0.39, 0.29) is 51.6 Å². The van der Waals surface area contributed by atoms with Crippen molar-refractivity contribution in [3.8, 4) is 16.9 Å². The van der Waals surface area contributed by atoms with Crippen LogP contribution in [0.4, 0.5) is 4.39 Å². The predicted octanol–water partition coefficient (Wildman–Crippen LogP) is 3.99. The zero-order valence-corrected chi connectivity index (χ0v) is 18.5. The summed E-state index contributed by atoms with van der Waals surface area (Å²) in [6.45, 7) is 4.65. The molecule has 1 aliphatic heterocycles. The molecule has 31 heavy (non-hydrogen) atoms. The van der Waals surface area contributed by atoms with Gasteiger partial charge in [-0.2, -0.15) is 0 Å². The first kappa shape index (κ1) is 23.4. The fourth-order valence-corrected chi connectivity index (χ4v) is 3.84. The Labute approximate surface area is 188 Å². The van der Waals surface area contributed by atoms with E-state index in [1.807, 2.05) is 0 Å². The van der Waals surface area contributed by atoms with Gasteiger partial charge >= 0.3 is 0 Å². The number of nitrogens with zero attached hydrogens (tertiary/aromatic N) is 2. The molecule has 0 bridgehead atoms. The molecule has 1 aromatic carbocycles. The van der Waals surface area contributed by atoms with Gasteiger partial charge < -0.3 is 19.3 Å². The monoisotopic (exact) mass is 472 g/mol. The maximum atomic E-state index is 14.7. The third-order valence-electron chi connectivity index (χ3n) is 4.80. The van der Waals surface area contributed by atoms with Crippen molar-refractivity contribution in [3.05, 3.63) is 63.0 Å². The number of hydrogen-bond donors (Lipinski definition) is 1. The Kier molecular flexibility index (Phi) is 7.83. The maximum Gasteiger partial charge on any atom is 0.276 e. The molecule has 2 heterocycles. The highest BCUT2D eigenvalue weighted by molar-refractivity contribution is 6.33. The standard InChI is InChI=1S/C21H23Cl2FN2O5/c1-3-8-30-18(27)9-13(29-2)12-31-17-10-14(16(24)11-15(17)22)19-20(23)25-6-4-5-7-26(25)21(19)28/h3,9-11,18,27H,1,4-8,12H2,2H3/b13-9+. The summed E-state index contributed by atoms with van der Waals surface area (Å²) in [7, 11) is 1.40. The first-order valence-corrected chi connectivity index (χ1v) is 10.4. The lowest BCUT2D eigenvalue weighted by Crippen LogP contribution is -2.27. The average Bonchev–Trinajstić information content (AvgIpc) is 3.01. The lowest BCUT2D eigenvalue weighted by atomic mass is 10.1. The summed E-state index contributed by atoms with van der Waals surface area (Å²) in [6.07, 6.45) is 3.33. The fraction of sp³-hybridized carbons (Fsp3) is 0.381. The van der Waals surface area contributed by atoms with Crippen molar-refractivity contribution in [1.82, 2.24) is 9.36 Å². The molecule has 2 aromatic rings. The molecule has 0 aliphatic carbocycles. The van der Waals surface area contributed by atoms with Gasteiger partial charge in [-0.15, -0.1) is 6.58 Å². The quantitative estimate of drug-likeness (QED) is 0.339. The summed E-state index contributed by atoms with van der Waals surface area (Å²) in [5.41, 5.74) is -0.295. The summed E-state index contributed by atoms with van der Waals surface area (Å²) in [5, 5.41) is 9.98. The van der Waals surface area contributed by atoms with E-state index in [9.17, 15) is 14.3 Å². The van der Waals surface area contributed by atoms with Crippen LogP contribution in [0.15, 0.2) is 41.4 Å². The van der Waals surface area contributed by atoms with Crippen molar-refractivity contribution in [3.63, 3.8) is 0 Å². The minimum absolute atomic E-state index is 0.00102. The highest BCUT2D eigenvalue weighted by Crippen LogP contribution is 2.36. The van der Waals surface area contributed by atoms with Crippen LogP contribution in [0.2, 0.25) is 10.2 Å². The Balaban J connectivity index is 1.89. The Morgan fingerprint density at radius 1 is 1.32 bits per heavy atom. The number of aliphatic hydroxyl groups is 1. The molecule has 0 saturated carbocycles. The Morgan fingerprint density at radius 3 is 2.68 bits per heavy atom. The molecule has 0 spiro atoms. The second-order valence-corrected chi connectivity index (χ2v) is 7.59. The van der Waals surface area contributed by atoms with Crippen molar-refractivity contribution in [2.45, 2.75) is 32.2 Å². The van der Waals surface area contributed by atoms with Crippen molar-refractivity contribution in [2.75, 3.05) is 20.3 Å². The predicted molar refractivity (Wildman–Crippen MR) is 116 cm³/mol. The van der Waals surface area contributed by atoms with Gasteiger partial charge in [0.25, 0.3) is 5.56 Å². The Morgan fingerprint density at radius 2 is 2.03 bits per heavy atom. The summed E-state index contributed by atoms with van der Waals surface area (Å²) in [5.74, 6) is -0.293. The molecule has 3 rings (SSSR count). The SMILES string of the molecule is C=CCOC(O)/C=C(\COc1cc(-c2c(Cl)n3n(c2=O)CCCC3)c(F)cc1Cl)OC. The summed E-state index contributed by atoms with van der Waals surface area (Å²) in [4.78, 5) is 12.8. The highest BCUT2D eigenvalue weighted by atomic mass is 35.5. The third-order valence-corrected chi connectivity index (χ3v) is 5.48. The molecule has 1 N–H and O–H groups in total. The second kappa shape index (κ2) is 10.4. The van der Waals surface area contributed by atoms with Crippen LogP contribution in [0, 0.1) is 5.82 Å². The van der Waals surface area contributed by atoms with Crippen LogP contribution in [-0.2, 0) is 22.6 Å². The van der Waals surface area contributed by atoms with Gasteiger partial charge in [0.2, 0.25) is 0 Å². The number of benzene rings is 1. The van der Waals surface area contributed by atoms with Crippen LogP contribution < -0.4 is 10.3 Å². The zero-order chi connectivity index (χ0) is 22.5. The number of hydrogen-bond acceptors (Lipinski definition) is 5. The molecule has 7 nitrogen and oxygen atoms in total. The van der Waals surface area contributed by atoms with E-state index in [0.717, 1.165) is 18.9 Å². The molecule has 0 saturated heterocycles. The lowest BCUT2D eigenvalue weighted by molar-refractivity contribution is -0.0548. The van der Waals surface area contributed by atoms with Crippen LogP contribution in [-0.4, -0.2) is 41.1 Å². The van der Waals surface area contributed by atoms with Gasteiger partial charge in [0.15, 0.2) is 6.29 Å². The van der Waals surface area contributed by atoms with Gasteiger partial charge in [-0.05, 0) is 25.0 Å². The maximum absolute atomic E-state index is 14.7. The molecule has 0 radical (unpaired) electrons. The minimum Gasteiger partial charge on any atom is -0.498 e. The van der Waals surface area contributed by atoms with Gasteiger partial charge in [0, 0.05) is 24.7 Å². The molecule has 0 fully saturated rings. The van der Waals surface area contributed by atoms with E-state index in [1.54, 1.807) is 4.68 Å². The van der Waals surface area contributed by atoms with E-state index >= 15 is 0 Å². The largest absolute Gasteiger partial charge is 0.498 e. The number of methoxy groups -OCH3 is 1. The van der Waals surface area contributed by atoms with Gasteiger partial charge in [-0.25, -0.2) is 9.07 Å². The number of halogens is 3. The smallest absolute Gasteiger partial charge is 0.276 e. The van der Waals surface area contributed by atoms with E-state index in [0.29, 0.717) is 13.1 Å². The molecular formula is C21H23Cl2FN2O5. The molecule has 1 atom stereocenters. The van der Waals surface area contributed by atoms with Gasteiger partial charge in [0.05, 0.1) is 24.3 Å². The van der Waals surface area contributed by atoms with Crippen LogP contribution in [0.5, 0.6) is 5.75 Å². The Bertz CT molecular complexity index is 1050. The molecule has 1 aromatic heterocycles. The minimum atomic E-state index is -1.22. The first-order valence-electron chi connectivity index (χ1n) is 9.64. The number of rotatable bonds is 9. The second-order valence-electron chi connectivity index (χ2n) is 6.83. The van der Waals surface area contributed by atoms with Gasteiger partial charge in [-0.1, -0.05) is 29.3 Å². The van der Waals surface area contributed by atoms with Crippen molar-refractivity contribution in [1.29, 1.82) is 0 Å². The zero-order valence-electron chi connectivity index (χ0n) is 16.9. The van der Waals surface area contributed by atoms with Crippen LogP contribution in [0.1, 0.15) is 12.8 Å². The Hall–Kier alpha value is -2.26. The van der Waals surface area contributed by atoms with Gasteiger partial charge in [0.1, 0.15) is 29.1 Å². The lowest BCUT2D eigenvalue weighted by Gasteiger charge is -2.17. The van der Waals surface area contributed by atoms with E-state index < -0.39 is 12.1 Å². The molecule has 168 valence electrons. The summed E-state index contributed by atoms with van der Waals surface area (Å²) >= 11 is 12.6. The first-order chi connectivity index (χ1) is 14.9. The number of fused-ring (bicyclic) bond motifs is 1. The summed E-state index contributed by atoms with van der Waals surface area (Å²) < 4.78 is 33.8. The molecule has 0 amide bonds. The molecule has 10 heteroatoms. The van der Waals surface area contributed by atoms with Crippen LogP contribution in [0.25, 0.3) is 11.1 Å². The third kappa shape index (κ3) is 5.15. The van der Waals surface area contributed by atoms with E-state index in [2.05, 4.69) is 6.58 Å². The molecule has 1 unspecified atom stereocenters. The van der Waals surface area contributed by atoms with Crippen LogP contribution >= 0.6 is 23.2 Å².